The number of amidine groups is 1. The van der Waals surface area contributed by atoms with Crippen LogP contribution in [0.2, 0.25) is 0 Å². The van der Waals surface area contributed by atoms with Gasteiger partial charge in [-0.2, -0.15) is 0 Å². The highest BCUT2D eigenvalue weighted by Crippen LogP contribution is 2.13. The van der Waals surface area contributed by atoms with Gasteiger partial charge in [0.15, 0.2) is 5.17 Å². The number of nitrogens with zero attached hydrogens (tertiary/aromatic N) is 1. The predicted molar refractivity (Wildman–Crippen MR) is 103 cm³/mol. The van der Waals surface area contributed by atoms with Crippen molar-refractivity contribution in [3.63, 3.8) is 0 Å². The Morgan fingerprint density at radius 3 is 2.12 bits per heavy atom. The molecule has 0 aliphatic rings. The van der Waals surface area contributed by atoms with Crippen LogP contribution in [0.3, 0.4) is 0 Å². The number of unbranched alkanes of at least 4 members (excludes halogenated alkanes) is 1. The summed E-state index contributed by atoms with van der Waals surface area (Å²) in [5.41, 5.74) is 4.37. The summed E-state index contributed by atoms with van der Waals surface area (Å²) < 4.78 is 10.6. The second kappa shape index (κ2) is 10.5. The molecule has 0 fully saturated rings. The molecule has 0 saturated carbocycles. The number of esters is 1. The Bertz CT molecular complexity index is 467. The van der Waals surface area contributed by atoms with Crippen molar-refractivity contribution in [1.29, 1.82) is 0 Å². The molecule has 0 spiro atoms. The Balaban J connectivity index is 4.68. The second-order valence-corrected chi connectivity index (χ2v) is 8.48. The maximum atomic E-state index is 12.3. The van der Waals surface area contributed by atoms with Crippen LogP contribution in [-0.4, -0.2) is 47.3 Å². The van der Waals surface area contributed by atoms with Gasteiger partial charge in [0.05, 0.1) is 0 Å². The molecule has 8 heteroatoms. The normalized spacial score (nSPS) is 14.0. The molecule has 0 aliphatic heterocycles. The van der Waals surface area contributed by atoms with Crippen molar-refractivity contribution in [3.8, 4) is 0 Å². The van der Waals surface area contributed by atoms with Crippen LogP contribution >= 0.6 is 11.8 Å². The molecule has 0 aromatic rings. The zero-order valence-electron chi connectivity index (χ0n) is 16.5. The lowest BCUT2D eigenvalue weighted by Crippen LogP contribution is -2.46. The molecule has 0 aliphatic carbocycles. The van der Waals surface area contributed by atoms with Crippen molar-refractivity contribution in [2.24, 2.45) is 10.7 Å². The molecule has 25 heavy (non-hydrogen) atoms. The first-order chi connectivity index (χ1) is 11.3. The van der Waals surface area contributed by atoms with Crippen LogP contribution in [0.4, 0.5) is 4.79 Å². The summed E-state index contributed by atoms with van der Waals surface area (Å²) in [6, 6.07) is -0.754. The van der Waals surface area contributed by atoms with Crippen molar-refractivity contribution in [2.75, 3.05) is 12.8 Å². The molecule has 0 saturated heterocycles. The summed E-state index contributed by atoms with van der Waals surface area (Å²) in [5.74, 6) is -0.467. The van der Waals surface area contributed by atoms with E-state index in [-0.39, 0.29) is 0 Å². The minimum atomic E-state index is -0.754. The Morgan fingerprint density at radius 2 is 1.64 bits per heavy atom. The predicted octanol–water partition coefficient (Wildman–Crippen LogP) is 3.07. The van der Waals surface area contributed by atoms with Gasteiger partial charge in [-0.25, -0.2) is 9.59 Å². The van der Waals surface area contributed by atoms with Gasteiger partial charge in [0, 0.05) is 6.54 Å². The molecule has 1 atom stereocenters. The van der Waals surface area contributed by atoms with Gasteiger partial charge in [0.2, 0.25) is 0 Å². The van der Waals surface area contributed by atoms with Gasteiger partial charge < -0.3 is 20.5 Å². The number of ether oxygens (including phenoxy) is 2. The summed E-state index contributed by atoms with van der Waals surface area (Å²) in [6.45, 7) is 11.2. The zero-order chi connectivity index (χ0) is 19.7. The van der Waals surface area contributed by atoms with E-state index < -0.39 is 29.3 Å². The minimum Gasteiger partial charge on any atom is -0.458 e. The van der Waals surface area contributed by atoms with Crippen LogP contribution in [0.5, 0.6) is 0 Å². The number of hydrogen-bond acceptors (Lipinski definition) is 6. The maximum absolute atomic E-state index is 12.3. The third-order valence-electron chi connectivity index (χ3n) is 2.76. The van der Waals surface area contributed by atoms with E-state index in [0.717, 1.165) is 6.42 Å². The topological polar surface area (TPSA) is 103 Å². The van der Waals surface area contributed by atoms with Gasteiger partial charge in [0.25, 0.3) is 0 Å². The number of nitrogens with two attached hydrogens (primary N) is 1. The lowest BCUT2D eigenvalue weighted by Gasteiger charge is -2.26. The van der Waals surface area contributed by atoms with Gasteiger partial charge in [-0.15, -0.1) is 0 Å². The molecule has 0 aromatic carbocycles. The third-order valence-corrected chi connectivity index (χ3v) is 3.31. The number of hydrogen-bond donors (Lipinski definition) is 2. The number of rotatable bonds is 7. The highest BCUT2D eigenvalue weighted by molar-refractivity contribution is 8.13. The smallest absolute Gasteiger partial charge is 0.408 e. The van der Waals surface area contributed by atoms with Crippen LogP contribution in [-0.2, 0) is 14.3 Å². The highest BCUT2D eigenvalue weighted by Gasteiger charge is 2.28. The maximum Gasteiger partial charge on any atom is 0.408 e. The Hall–Kier alpha value is -1.44. The first-order valence-corrected chi connectivity index (χ1v) is 9.63. The Kier molecular flexibility index (Phi) is 9.92. The van der Waals surface area contributed by atoms with Crippen LogP contribution in [0.25, 0.3) is 0 Å². The zero-order valence-corrected chi connectivity index (χ0v) is 17.3. The minimum absolute atomic E-state index is 0.447. The van der Waals surface area contributed by atoms with Crippen molar-refractivity contribution in [1.82, 2.24) is 5.32 Å². The average molecular weight is 376 g/mol. The Morgan fingerprint density at radius 1 is 1.08 bits per heavy atom. The van der Waals surface area contributed by atoms with Gasteiger partial charge in [-0.05, 0) is 67.1 Å². The number of amides is 1. The van der Waals surface area contributed by atoms with Gasteiger partial charge in [-0.1, -0.05) is 11.8 Å². The van der Waals surface area contributed by atoms with Crippen molar-refractivity contribution in [2.45, 2.75) is 78.0 Å². The SMILES string of the molecule is CSC(N)=NCCCCC(NC(=O)OC(C)(C)C)C(=O)OC(C)(C)C. The number of thioether (sulfide) groups is 1. The molecular weight excluding hydrogens is 342 g/mol. The van der Waals surface area contributed by atoms with E-state index in [1.807, 2.05) is 6.26 Å². The molecule has 146 valence electrons. The highest BCUT2D eigenvalue weighted by atomic mass is 32.2. The van der Waals surface area contributed by atoms with E-state index in [9.17, 15) is 9.59 Å². The van der Waals surface area contributed by atoms with E-state index in [1.54, 1.807) is 41.5 Å². The summed E-state index contributed by atoms with van der Waals surface area (Å²) in [7, 11) is 0. The molecule has 0 radical (unpaired) electrons. The van der Waals surface area contributed by atoms with Crippen molar-refractivity contribution in [3.05, 3.63) is 0 Å². The fraction of sp³-hybridized carbons (Fsp3) is 0.824. The van der Waals surface area contributed by atoms with E-state index in [2.05, 4.69) is 10.3 Å². The molecule has 3 N–H and O–H groups in total. The lowest BCUT2D eigenvalue weighted by molar-refractivity contribution is -0.157. The Labute approximate surface area is 155 Å². The average Bonchev–Trinajstić information content (AvgIpc) is 2.41. The fourth-order valence-electron chi connectivity index (χ4n) is 1.79. The number of carbonyl (C=O) groups excluding carboxylic acids is 2. The fourth-order valence-corrected chi connectivity index (χ4v) is 2.01. The van der Waals surface area contributed by atoms with E-state index in [0.29, 0.717) is 24.6 Å². The summed E-state index contributed by atoms with van der Waals surface area (Å²) in [4.78, 5) is 28.5. The first kappa shape index (κ1) is 23.6. The van der Waals surface area contributed by atoms with Crippen molar-refractivity contribution >= 4 is 29.0 Å². The summed E-state index contributed by atoms with van der Waals surface area (Å²) >= 11 is 1.39. The summed E-state index contributed by atoms with van der Waals surface area (Å²) in [5, 5.41) is 3.14. The standard InChI is InChI=1S/C17H33N3O4S/c1-16(2,3)23-13(21)12(20-15(22)24-17(4,5)6)10-8-9-11-19-14(18)25-7/h12H,8-11H2,1-7H3,(H2,18,19)(H,20,22). The van der Waals surface area contributed by atoms with Gasteiger partial charge in [-0.3, -0.25) is 4.99 Å². The molecule has 7 nitrogen and oxygen atoms in total. The number of nitrogens with one attached hydrogen (secondary N) is 1. The lowest BCUT2D eigenvalue weighted by atomic mass is 10.1. The largest absolute Gasteiger partial charge is 0.458 e. The van der Waals surface area contributed by atoms with Crippen molar-refractivity contribution < 1.29 is 19.1 Å². The van der Waals surface area contributed by atoms with E-state index >= 15 is 0 Å². The molecule has 0 heterocycles. The third kappa shape index (κ3) is 13.5. The second-order valence-electron chi connectivity index (χ2n) is 7.65. The molecule has 0 bridgehead atoms. The number of aliphatic imine (C=N–C) groups is 1. The van der Waals surface area contributed by atoms with Crippen LogP contribution in [0, 0.1) is 0 Å². The van der Waals surface area contributed by atoms with Crippen LogP contribution < -0.4 is 11.1 Å². The van der Waals surface area contributed by atoms with Gasteiger partial charge >= 0.3 is 12.1 Å². The quantitative estimate of drug-likeness (QED) is 0.307. The first-order valence-electron chi connectivity index (χ1n) is 8.40. The molecule has 1 amide bonds. The summed E-state index contributed by atoms with van der Waals surface area (Å²) in [6.07, 6.45) is 3.14. The number of carbonyl (C=O) groups is 2. The van der Waals surface area contributed by atoms with Crippen LogP contribution in [0.15, 0.2) is 4.99 Å². The number of alkyl carbamates (subject to hydrolysis) is 1. The molecule has 0 rings (SSSR count). The monoisotopic (exact) mass is 375 g/mol. The molecular formula is C17H33N3O4S. The van der Waals surface area contributed by atoms with E-state index in [4.69, 9.17) is 15.2 Å². The van der Waals surface area contributed by atoms with Gasteiger partial charge in [0.1, 0.15) is 17.2 Å². The molecule has 1 unspecified atom stereocenters. The molecule has 0 aromatic heterocycles. The van der Waals surface area contributed by atoms with E-state index in [1.165, 1.54) is 11.8 Å². The van der Waals surface area contributed by atoms with Crippen LogP contribution in [0.1, 0.15) is 60.8 Å².